The Hall–Kier alpha value is -0.120. The summed E-state index contributed by atoms with van der Waals surface area (Å²) in [6.07, 6.45) is 6.50. The normalized spacial score (nSPS) is 27.2. The van der Waals surface area contributed by atoms with Crippen LogP contribution in [-0.4, -0.2) is 44.8 Å². The van der Waals surface area contributed by atoms with Gasteiger partial charge in [0.25, 0.3) is 0 Å². The monoisotopic (exact) mass is 214 g/mol. The second-order valence-electron chi connectivity index (χ2n) is 4.67. The molecular formula is C12H26N2O. The molecule has 3 heteroatoms. The van der Waals surface area contributed by atoms with Gasteiger partial charge in [-0.05, 0) is 38.8 Å². The molecule has 2 N–H and O–H groups in total. The third-order valence-electron chi connectivity index (χ3n) is 3.60. The van der Waals surface area contributed by atoms with Crippen molar-refractivity contribution in [3.05, 3.63) is 0 Å². The van der Waals surface area contributed by atoms with E-state index < -0.39 is 0 Å². The van der Waals surface area contributed by atoms with Crippen LogP contribution in [0.1, 0.15) is 32.1 Å². The fourth-order valence-corrected chi connectivity index (χ4v) is 2.67. The summed E-state index contributed by atoms with van der Waals surface area (Å²) in [6, 6.07) is 0.709. The molecule has 0 aliphatic heterocycles. The maximum atomic E-state index is 5.83. The van der Waals surface area contributed by atoms with E-state index in [-0.39, 0.29) is 0 Å². The number of nitrogens with zero attached hydrogens (tertiary/aromatic N) is 1. The lowest BCUT2D eigenvalue weighted by atomic mass is 9.83. The standard InChI is InChI=1S/C12H26N2O/c1-14(8-5-9-15-2)12-7-4-3-6-11(12)10-13/h11-12H,3-10,13H2,1-2H3. The number of rotatable bonds is 6. The minimum atomic E-state index is 0.709. The first-order valence-corrected chi connectivity index (χ1v) is 6.18. The van der Waals surface area contributed by atoms with E-state index >= 15 is 0 Å². The van der Waals surface area contributed by atoms with Gasteiger partial charge in [-0.25, -0.2) is 0 Å². The van der Waals surface area contributed by atoms with Crippen molar-refractivity contribution < 1.29 is 4.74 Å². The molecular weight excluding hydrogens is 188 g/mol. The van der Waals surface area contributed by atoms with Crippen molar-refractivity contribution >= 4 is 0 Å². The van der Waals surface area contributed by atoms with Crippen LogP contribution in [0.4, 0.5) is 0 Å². The Labute approximate surface area is 94.0 Å². The van der Waals surface area contributed by atoms with Crippen molar-refractivity contribution in [2.75, 3.05) is 33.9 Å². The zero-order chi connectivity index (χ0) is 11.1. The third-order valence-corrected chi connectivity index (χ3v) is 3.60. The van der Waals surface area contributed by atoms with Gasteiger partial charge in [-0.2, -0.15) is 0 Å². The van der Waals surface area contributed by atoms with Crippen LogP contribution < -0.4 is 5.73 Å². The highest BCUT2D eigenvalue weighted by Crippen LogP contribution is 2.27. The van der Waals surface area contributed by atoms with Gasteiger partial charge in [0, 0.05) is 26.3 Å². The van der Waals surface area contributed by atoms with E-state index in [9.17, 15) is 0 Å². The molecule has 0 spiro atoms. The molecule has 1 saturated carbocycles. The van der Waals surface area contributed by atoms with Crippen molar-refractivity contribution in [2.45, 2.75) is 38.1 Å². The van der Waals surface area contributed by atoms with Crippen LogP contribution in [0.3, 0.4) is 0 Å². The lowest BCUT2D eigenvalue weighted by Crippen LogP contribution is -2.43. The Morgan fingerprint density at radius 2 is 2.07 bits per heavy atom. The summed E-state index contributed by atoms with van der Waals surface area (Å²) >= 11 is 0. The minimum absolute atomic E-state index is 0.709. The maximum absolute atomic E-state index is 5.83. The zero-order valence-corrected chi connectivity index (χ0v) is 10.2. The number of hydrogen-bond acceptors (Lipinski definition) is 3. The molecule has 0 amide bonds. The van der Waals surface area contributed by atoms with E-state index in [2.05, 4.69) is 11.9 Å². The van der Waals surface area contributed by atoms with E-state index in [1.807, 2.05) is 0 Å². The molecule has 0 bridgehead atoms. The minimum Gasteiger partial charge on any atom is -0.385 e. The molecule has 1 fully saturated rings. The van der Waals surface area contributed by atoms with Gasteiger partial charge < -0.3 is 15.4 Å². The molecule has 1 rings (SSSR count). The summed E-state index contributed by atoms with van der Waals surface area (Å²) in [6.45, 7) is 2.85. The Kier molecular flexibility index (Phi) is 6.22. The predicted molar refractivity (Wildman–Crippen MR) is 63.9 cm³/mol. The summed E-state index contributed by atoms with van der Waals surface area (Å²) in [5.41, 5.74) is 5.83. The molecule has 0 aromatic carbocycles. The van der Waals surface area contributed by atoms with Crippen LogP contribution >= 0.6 is 0 Å². The Balaban J connectivity index is 2.31. The van der Waals surface area contributed by atoms with Crippen LogP contribution in [0.5, 0.6) is 0 Å². The average Bonchev–Trinajstić information content (AvgIpc) is 2.29. The fourth-order valence-electron chi connectivity index (χ4n) is 2.67. The van der Waals surface area contributed by atoms with Gasteiger partial charge in [0.15, 0.2) is 0 Å². The van der Waals surface area contributed by atoms with Crippen molar-refractivity contribution in [3.63, 3.8) is 0 Å². The van der Waals surface area contributed by atoms with Crippen LogP contribution in [0.15, 0.2) is 0 Å². The average molecular weight is 214 g/mol. The van der Waals surface area contributed by atoms with Crippen LogP contribution in [0.25, 0.3) is 0 Å². The second-order valence-corrected chi connectivity index (χ2v) is 4.67. The lowest BCUT2D eigenvalue weighted by Gasteiger charge is -2.37. The molecule has 0 heterocycles. The van der Waals surface area contributed by atoms with E-state index in [1.54, 1.807) is 7.11 Å². The highest BCUT2D eigenvalue weighted by Gasteiger charge is 2.26. The molecule has 2 atom stereocenters. The highest BCUT2D eigenvalue weighted by atomic mass is 16.5. The molecule has 0 aromatic heterocycles. The molecule has 15 heavy (non-hydrogen) atoms. The van der Waals surface area contributed by atoms with Gasteiger partial charge in [0.2, 0.25) is 0 Å². The van der Waals surface area contributed by atoms with Crippen molar-refractivity contribution in [1.29, 1.82) is 0 Å². The van der Waals surface area contributed by atoms with Gasteiger partial charge in [-0.15, -0.1) is 0 Å². The summed E-state index contributed by atoms with van der Waals surface area (Å²) < 4.78 is 5.08. The third kappa shape index (κ3) is 4.09. The van der Waals surface area contributed by atoms with Gasteiger partial charge in [-0.3, -0.25) is 0 Å². The SMILES string of the molecule is COCCCN(C)C1CCCCC1CN. The Bertz CT molecular complexity index is 164. The molecule has 0 radical (unpaired) electrons. The van der Waals surface area contributed by atoms with Crippen molar-refractivity contribution in [1.82, 2.24) is 4.90 Å². The Morgan fingerprint density at radius 1 is 1.33 bits per heavy atom. The smallest absolute Gasteiger partial charge is 0.0474 e. The zero-order valence-electron chi connectivity index (χ0n) is 10.2. The lowest BCUT2D eigenvalue weighted by molar-refractivity contribution is 0.116. The Morgan fingerprint density at radius 3 is 2.73 bits per heavy atom. The number of nitrogens with two attached hydrogens (primary N) is 1. The summed E-state index contributed by atoms with van der Waals surface area (Å²) in [5, 5.41) is 0. The molecule has 3 nitrogen and oxygen atoms in total. The number of methoxy groups -OCH3 is 1. The number of hydrogen-bond donors (Lipinski definition) is 1. The summed E-state index contributed by atoms with van der Waals surface area (Å²) in [4.78, 5) is 2.48. The van der Waals surface area contributed by atoms with E-state index in [0.717, 1.165) is 26.1 Å². The molecule has 2 unspecified atom stereocenters. The molecule has 1 aliphatic carbocycles. The maximum Gasteiger partial charge on any atom is 0.0474 e. The molecule has 0 aromatic rings. The second kappa shape index (κ2) is 7.20. The van der Waals surface area contributed by atoms with Gasteiger partial charge in [-0.1, -0.05) is 12.8 Å². The molecule has 90 valence electrons. The first-order chi connectivity index (χ1) is 7.29. The quantitative estimate of drug-likeness (QED) is 0.681. The van der Waals surface area contributed by atoms with E-state index in [1.165, 1.54) is 25.7 Å². The highest BCUT2D eigenvalue weighted by molar-refractivity contribution is 4.82. The van der Waals surface area contributed by atoms with Crippen LogP contribution in [-0.2, 0) is 4.74 Å². The van der Waals surface area contributed by atoms with Crippen molar-refractivity contribution in [2.24, 2.45) is 11.7 Å². The van der Waals surface area contributed by atoms with E-state index in [0.29, 0.717) is 12.0 Å². The van der Waals surface area contributed by atoms with E-state index in [4.69, 9.17) is 10.5 Å². The molecule has 1 aliphatic rings. The fraction of sp³-hybridized carbons (Fsp3) is 1.00. The molecule has 0 saturated heterocycles. The van der Waals surface area contributed by atoms with Crippen LogP contribution in [0, 0.1) is 5.92 Å². The number of ether oxygens (including phenoxy) is 1. The predicted octanol–water partition coefficient (Wildman–Crippen LogP) is 1.47. The van der Waals surface area contributed by atoms with Gasteiger partial charge in [0.1, 0.15) is 0 Å². The first kappa shape index (κ1) is 12.9. The summed E-state index contributed by atoms with van der Waals surface area (Å²) in [5.74, 6) is 0.714. The largest absolute Gasteiger partial charge is 0.385 e. The van der Waals surface area contributed by atoms with Crippen LogP contribution in [0.2, 0.25) is 0 Å². The first-order valence-electron chi connectivity index (χ1n) is 6.18. The topological polar surface area (TPSA) is 38.5 Å². The van der Waals surface area contributed by atoms with Gasteiger partial charge in [0.05, 0.1) is 0 Å². The van der Waals surface area contributed by atoms with Crippen molar-refractivity contribution in [3.8, 4) is 0 Å². The summed E-state index contributed by atoms with van der Waals surface area (Å²) in [7, 11) is 4.00. The van der Waals surface area contributed by atoms with Gasteiger partial charge >= 0.3 is 0 Å².